The summed E-state index contributed by atoms with van der Waals surface area (Å²) < 4.78 is 10.6. The first-order chi connectivity index (χ1) is 12.6. The van der Waals surface area contributed by atoms with E-state index < -0.39 is 0 Å². The van der Waals surface area contributed by atoms with Crippen molar-refractivity contribution in [2.24, 2.45) is 5.10 Å². The van der Waals surface area contributed by atoms with Crippen LogP contribution in [-0.4, -0.2) is 30.5 Å². The molecule has 0 saturated carbocycles. The van der Waals surface area contributed by atoms with Crippen molar-refractivity contribution in [3.63, 3.8) is 0 Å². The zero-order valence-electron chi connectivity index (χ0n) is 14.1. The molecule has 3 aromatic rings. The van der Waals surface area contributed by atoms with Gasteiger partial charge >= 0.3 is 0 Å². The molecule has 0 fully saturated rings. The highest BCUT2D eigenvalue weighted by atomic mass is 35.5. The number of aromatic nitrogens is 1. The summed E-state index contributed by atoms with van der Waals surface area (Å²) in [6, 6.07) is 10.5. The Morgan fingerprint density at radius 3 is 2.69 bits per heavy atom. The van der Waals surface area contributed by atoms with E-state index in [0.29, 0.717) is 16.6 Å². The molecule has 0 amide bonds. The number of phenolic OH excluding ortho intramolecular Hbond substituents is 1. The van der Waals surface area contributed by atoms with Gasteiger partial charge in [-0.05, 0) is 42.0 Å². The summed E-state index contributed by atoms with van der Waals surface area (Å²) in [4.78, 5) is 4.51. The Morgan fingerprint density at radius 1 is 1.15 bits per heavy atom. The Hall–Kier alpha value is -2.77. The molecule has 0 saturated heterocycles. The number of hydrazone groups is 1. The minimum absolute atomic E-state index is 0.0382. The lowest BCUT2D eigenvalue weighted by atomic mass is 10.1. The molecule has 0 unspecified atom stereocenters. The number of phenols is 1. The number of hydrogen-bond acceptors (Lipinski definition) is 7. The first-order valence-electron chi connectivity index (χ1n) is 7.56. The number of aromatic hydroxyl groups is 1. The second-order valence-corrected chi connectivity index (χ2v) is 6.45. The lowest BCUT2D eigenvalue weighted by molar-refractivity contribution is 0.355. The van der Waals surface area contributed by atoms with Crippen LogP contribution in [0.15, 0.2) is 46.9 Å². The smallest absolute Gasteiger partial charge is 0.203 e. The van der Waals surface area contributed by atoms with Gasteiger partial charge in [-0.15, -0.1) is 11.3 Å². The van der Waals surface area contributed by atoms with Crippen molar-refractivity contribution in [2.45, 2.75) is 0 Å². The van der Waals surface area contributed by atoms with Crippen molar-refractivity contribution in [2.75, 3.05) is 19.6 Å². The molecule has 0 spiro atoms. The van der Waals surface area contributed by atoms with Crippen LogP contribution in [0.4, 0.5) is 5.13 Å². The summed E-state index contributed by atoms with van der Waals surface area (Å²) >= 11 is 7.30. The van der Waals surface area contributed by atoms with Crippen molar-refractivity contribution < 1.29 is 14.6 Å². The van der Waals surface area contributed by atoms with Crippen LogP contribution >= 0.6 is 22.9 Å². The van der Waals surface area contributed by atoms with Gasteiger partial charge in [0, 0.05) is 10.9 Å². The number of rotatable bonds is 6. The molecular weight excluding hydrogens is 374 g/mol. The van der Waals surface area contributed by atoms with E-state index in [1.54, 1.807) is 32.6 Å². The van der Waals surface area contributed by atoms with Gasteiger partial charge in [0.15, 0.2) is 11.5 Å². The summed E-state index contributed by atoms with van der Waals surface area (Å²) in [5, 5.41) is 16.4. The quantitative estimate of drug-likeness (QED) is 0.474. The van der Waals surface area contributed by atoms with Gasteiger partial charge in [0.1, 0.15) is 5.75 Å². The Bertz CT molecular complexity index is 943. The molecule has 26 heavy (non-hydrogen) atoms. The molecule has 0 aliphatic rings. The highest BCUT2D eigenvalue weighted by Crippen LogP contribution is 2.33. The second-order valence-electron chi connectivity index (χ2n) is 5.19. The maximum Gasteiger partial charge on any atom is 0.203 e. The van der Waals surface area contributed by atoms with E-state index in [1.807, 2.05) is 23.6 Å². The van der Waals surface area contributed by atoms with Gasteiger partial charge in [-0.1, -0.05) is 11.6 Å². The van der Waals surface area contributed by atoms with Crippen LogP contribution < -0.4 is 14.9 Å². The number of nitrogens with zero attached hydrogens (tertiary/aromatic N) is 2. The molecule has 1 aromatic heterocycles. The van der Waals surface area contributed by atoms with Crippen molar-refractivity contribution in [1.29, 1.82) is 0 Å². The predicted octanol–water partition coefficient (Wildman–Crippen LogP) is 4.63. The summed E-state index contributed by atoms with van der Waals surface area (Å²) in [6.45, 7) is 0. The van der Waals surface area contributed by atoms with Crippen molar-refractivity contribution in [3.8, 4) is 28.5 Å². The summed E-state index contributed by atoms with van der Waals surface area (Å²) in [6.07, 6.45) is 1.60. The van der Waals surface area contributed by atoms with Gasteiger partial charge < -0.3 is 14.6 Å². The summed E-state index contributed by atoms with van der Waals surface area (Å²) in [5.74, 6) is 1.35. The number of benzene rings is 2. The van der Waals surface area contributed by atoms with E-state index in [2.05, 4.69) is 15.5 Å². The van der Waals surface area contributed by atoms with Crippen LogP contribution in [0.1, 0.15) is 5.56 Å². The lowest BCUT2D eigenvalue weighted by Gasteiger charge is -2.08. The molecular formula is C18H16ClN3O3S. The van der Waals surface area contributed by atoms with Gasteiger partial charge in [0.05, 0.1) is 31.2 Å². The van der Waals surface area contributed by atoms with Crippen molar-refractivity contribution in [3.05, 3.63) is 52.4 Å². The Morgan fingerprint density at radius 2 is 1.96 bits per heavy atom. The molecule has 2 N–H and O–H groups in total. The number of halogens is 1. The van der Waals surface area contributed by atoms with Crippen molar-refractivity contribution >= 4 is 34.3 Å². The zero-order chi connectivity index (χ0) is 18.5. The molecule has 8 heteroatoms. The minimum Gasteiger partial charge on any atom is -0.506 e. The zero-order valence-corrected chi connectivity index (χ0v) is 15.6. The van der Waals surface area contributed by atoms with Gasteiger partial charge in [-0.25, -0.2) is 4.98 Å². The van der Waals surface area contributed by atoms with Crippen LogP contribution in [0.5, 0.6) is 17.2 Å². The van der Waals surface area contributed by atoms with Gasteiger partial charge in [0.2, 0.25) is 5.13 Å². The number of thiazole rings is 1. The van der Waals surface area contributed by atoms with Crippen molar-refractivity contribution in [1.82, 2.24) is 4.98 Å². The van der Waals surface area contributed by atoms with Gasteiger partial charge in [-0.3, -0.25) is 5.43 Å². The van der Waals surface area contributed by atoms with Crippen LogP contribution in [0, 0.1) is 0 Å². The molecule has 0 aliphatic carbocycles. The lowest BCUT2D eigenvalue weighted by Crippen LogP contribution is -1.92. The fourth-order valence-electron chi connectivity index (χ4n) is 2.22. The van der Waals surface area contributed by atoms with Crippen LogP contribution in [0.2, 0.25) is 5.02 Å². The number of hydrogen-bond donors (Lipinski definition) is 2. The highest BCUT2D eigenvalue weighted by Gasteiger charge is 2.09. The van der Waals surface area contributed by atoms with E-state index >= 15 is 0 Å². The minimum atomic E-state index is 0.0382. The van der Waals surface area contributed by atoms with E-state index in [9.17, 15) is 5.11 Å². The Balaban J connectivity index is 1.71. The highest BCUT2D eigenvalue weighted by molar-refractivity contribution is 7.14. The third-order valence-electron chi connectivity index (χ3n) is 3.53. The normalized spacial score (nSPS) is 10.9. The van der Waals surface area contributed by atoms with E-state index in [4.69, 9.17) is 21.1 Å². The largest absolute Gasteiger partial charge is 0.506 e. The van der Waals surface area contributed by atoms with Crippen LogP contribution in [0.3, 0.4) is 0 Å². The molecule has 0 atom stereocenters. The second kappa shape index (κ2) is 8.07. The molecule has 6 nitrogen and oxygen atoms in total. The monoisotopic (exact) mass is 389 g/mol. The molecule has 3 rings (SSSR count). The van der Waals surface area contributed by atoms with Gasteiger partial charge in [-0.2, -0.15) is 5.10 Å². The molecule has 134 valence electrons. The van der Waals surface area contributed by atoms with E-state index in [-0.39, 0.29) is 10.8 Å². The first kappa shape index (κ1) is 18.0. The standard InChI is InChI=1S/C18H16ClN3O3S/c1-24-16-6-4-12(8-17(16)25-2)14-10-26-18(21-14)22-20-9-11-3-5-15(23)13(19)7-11/h3-10,23H,1-2H3,(H,21,22)/b20-9-. The topological polar surface area (TPSA) is 76.0 Å². The predicted molar refractivity (Wildman–Crippen MR) is 105 cm³/mol. The van der Waals surface area contributed by atoms with E-state index in [0.717, 1.165) is 16.8 Å². The van der Waals surface area contributed by atoms with Crippen LogP contribution in [0.25, 0.3) is 11.3 Å². The maximum atomic E-state index is 9.41. The van der Waals surface area contributed by atoms with Crippen LogP contribution in [-0.2, 0) is 0 Å². The number of anilines is 1. The number of nitrogens with one attached hydrogen (secondary N) is 1. The third kappa shape index (κ3) is 4.07. The number of methoxy groups -OCH3 is 2. The third-order valence-corrected chi connectivity index (χ3v) is 4.58. The maximum absolute atomic E-state index is 9.41. The molecule has 2 aromatic carbocycles. The Kier molecular flexibility index (Phi) is 5.60. The average Bonchev–Trinajstić information content (AvgIpc) is 3.13. The SMILES string of the molecule is COc1ccc(-c2csc(N/N=C\c3ccc(O)c(Cl)c3)n2)cc1OC. The number of ether oxygens (including phenoxy) is 2. The first-order valence-corrected chi connectivity index (χ1v) is 8.82. The summed E-state index contributed by atoms with van der Waals surface area (Å²) in [7, 11) is 3.20. The van der Waals surface area contributed by atoms with Gasteiger partial charge in [0.25, 0.3) is 0 Å². The fourth-order valence-corrected chi connectivity index (χ4v) is 3.08. The Labute approximate surface area is 159 Å². The summed E-state index contributed by atoms with van der Waals surface area (Å²) in [5.41, 5.74) is 5.37. The average molecular weight is 390 g/mol. The fraction of sp³-hybridized carbons (Fsp3) is 0.111. The van der Waals surface area contributed by atoms with E-state index in [1.165, 1.54) is 17.4 Å². The molecule has 0 aliphatic heterocycles. The molecule has 1 heterocycles. The molecule has 0 radical (unpaired) electrons. The molecule has 0 bridgehead atoms.